The van der Waals surface area contributed by atoms with Crippen molar-refractivity contribution in [3.05, 3.63) is 51.9 Å². The third kappa shape index (κ3) is 2.00. The van der Waals surface area contributed by atoms with Gasteiger partial charge in [-0.3, -0.25) is 0 Å². The van der Waals surface area contributed by atoms with E-state index in [1.807, 2.05) is 37.3 Å². The molecule has 0 saturated carbocycles. The fraction of sp³-hybridized carbons (Fsp3) is 0.278. The molecular formula is C18H18O3. The first-order valence-corrected chi connectivity index (χ1v) is 7.07. The van der Waals surface area contributed by atoms with Crippen LogP contribution in [0.3, 0.4) is 0 Å². The highest BCUT2D eigenvalue weighted by atomic mass is 16.5. The van der Waals surface area contributed by atoms with Crippen LogP contribution in [0.15, 0.2) is 39.5 Å². The van der Waals surface area contributed by atoms with Gasteiger partial charge in [0.1, 0.15) is 11.3 Å². The number of rotatable bonds is 2. The number of benzene rings is 2. The predicted octanol–water partition coefficient (Wildman–Crippen LogP) is 4.39. The Morgan fingerprint density at radius 2 is 1.86 bits per heavy atom. The second kappa shape index (κ2) is 4.92. The monoisotopic (exact) mass is 282 g/mol. The molecule has 1 aromatic heterocycles. The first kappa shape index (κ1) is 13.7. The van der Waals surface area contributed by atoms with Crippen LogP contribution < -0.4 is 10.4 Å². The first-order valence-electron chi connectivity index (χ1n) is 7.07. The summed E-state index contributed by atoms with van der Waals surface area (Å²) in [5.74, 6) is 0.960. The molecule has 3 aromatic rings. The van der Waals surface area contributed by atoms with Gasteiger partial charge in [-0.2, -0.15) is 0 Å². The third-order valence-electron chi connectivity index (χ3n) is 3.92. The van der Waals surface area contributed by atoms with E-state index in [0.717, 1.165) is 27.6 Å². The molecule has 0 bridgehead atoms. The van der Waals surface area contributed by atoms with Gasteiger partial charge < -0.3 is 9.15 Å². The lowest BCUT2D eigenvalue weighted by molar-refractivity contribution is 0.406. The largest absolute Gasteiger partial charge is 0.496 e. The van der Waals surface area contributed by atoms with E-state index in [1.54, 1.807) is 7.11 Å². The molecule has 0 atom stereocenters. The van der Waals surface area contributed by atoms with Crippen molar-refractivity contribution in [1.82, 2.24) is 0 Å². The number of fused-ring (bicyclic) bond motifs is 3. The number of methoxy groups -OCH3 is 1. The lowest BCUT2D eigenvalue weighted by Crippen LogP contribution is -2.04. The van der Waals surface area contributed by atoms with E-state index >= 15 is 0 Å². The quantitative estimate of drug-likeness (QED) is 0.517. The zero-order chi connectivity index (χ0) is 15.1. The molecule has 3 heteroatoms. The van der Waals surface area contributed by atoms with Crippen molar-refractivity contribution in [2.24, 2.45) is 0 Å². The van der Waals surface area contributed by atoms with Crippen LogP contribution in [0.5, 0.6) is 5.75 Å². The highest BCUT2D eigenvalue weighted by molar-refractivity contribution is 6.06. The Morgan fingerprint density at radius 1 is 1.10 bits per heavy atom. The van der Waals surface area contributed by atoms with Gasteiger partial charge in [0.05, 0.1) is 12.5 Å². The molecule has 108 valence electrons. The van der Waals surface area contributed by atoms with Gasteiger partial charge >= 0.3 is 5.63 Å². The van der Waals surface area contributed by atoms with Crippen molar-refractivity contribution in [1.29, 1.82) is 0 Å². The molecule has 0 aliphatic heterocycles. The Hall–Kier alpha value is -2.29. The summed E-state index contributed by atoms with van der Waals surface area (Å²) in [6, 6.07) is 9.77. The van der Waals surface area contributed by atoms with E-state index in [4.69, 9.17) is 9.15 Å². The maximum atomic E-state index is 12.4. The summed E-state index contributed by atoms with van der Waals surface area (Å²) in [6.07, 6.45) is 0. The standard InChI is InChI=1S/C18H18O3/c1-10(2)15-14(20-4)9-8-13-12-7-5-6-11(3)16(12)18(19)21-17(13)15/h5-10H,1-4H3. The van der Waals surface area contributed by atoms with Crippen molar-refractivity contribution in [2.45, 2.75) is 26.7 Å². The summed E-state index contributed by atoms with van der Waals surface area (Å²) < 4.78 is 11.1. The maximum absolute atomic E-state index is 12.4. The molecule has 0 saturated heterocycles. The number of ether oxygens (including phenoxy) is 1. The molecule has 0 unspecified atom stereocenters. The average molecular weight is 282 g/mol. The minimum Gasteiger partial charge on any atom is -0.496 e. The molecule has 3 nitrogen and oxygen atoms in total. The highest BCUT2D eigenvalue weighted by Crippen LogP contribution is 2.36. The van der Waals surface area contributed by atoms with Crippen LogP contribution in [0, 0.1) is 6.92 Å². The van der Waals surface area contributed by atoms with E-state index in [0.29, 0.717) is 11.0 Å². The molecule has 0 spiro atoms. The van der Waals surface area contributed by atoms with E-state index in [9.17, 15) is 4.79 Å². The Morgan fingerprint density at radius 3 is 2.52 bits per heavy atom. The fourth-order valence-electron chi connectivity index (χ4n) is 2.94. The van der Waals surface area contributed by atoms with Gasteiger partial charge in [-0.05, 0) is 30.5 Å². The Balaban J connectivity index is 2.58. The first-order chi connectivity index (χ1) is 10.0. The molecule has 0 fully saturated rings. The van der Waals surface area contributed by atoms with Gasteiger partial charge in [-0.1, -0.05) is 32.0 Å². The van der Waals surface area contributed by atoms with Crippen LogP contribution in [-0.4, -0.2) is 7.11 Å². The molecule has 0 N–H and O–H groups in total. The second-order valence-electron chi connectivity index (χ2n) is 5.60. The number of aryl methyl sites for hydroxylation is 1. The molecular weight excluding hydrogens is 264 g/mol. The van der Waals surface area contributed by atoms with Crippen LogP contribution >= 0.6 is 0 Å². The fourth-order valence-corrected chi connectivity index (χ4v) is 2.94. The molecule has 1 heterocycles. The van der Waals surface area contributed by atoms with Gasteiger partial charge in [0.2, 0.25) is 0 Å². The van der Waals surface area contributed by atoms with E-state index < -0.39 is 0 Å². The second-order valence-corrected chi connectivity index (χ2v) is 5.60. The highest BCUT2D eigenvalue weighted by Gasteiger charge is 2.17. The lowest BCUT2D eigenvalue weighted by atomic mass is 9.96. The van der Waals surface area contributed by atoms with Gasteiger partial charge in [0.25, 0.3) is 0 Å². The molecule has 3 rings (SSSR count). The molecule has 0 amide bonds. The van der Waals surface area contributed by atoms with Crippen molar-refractivity contribution >= 4 is 21.7 Å². The summed E-state index contributed by atoms with van der Waals surface area (Å²) in [6.45, 7) is 6.06. The summed E-state index contributed by atoms with van der Waals surface area (Å²) in [7, 11) is 1.64. The molecule has 0 aliphatic rings. The van der Waals surface area contributed by atoms with E-state index in [1.165, 1.54) is 0 Å². The van der Waals surface area contributed by atoms with Crippen molar-refractivity contribution in [2.75, 3.05) is 7.11 Å². The van der Waals surface area contributed by atoms with E-state index in [2.05, 4.69) is 13.8 Å². The van der Waals surface area contributed by atoms with Crippen LogP contribution in [-0.2, 0) is 0 Å². The summed E-state index contributed by atoms with van der Waals surface area (Å²) in [4.78, 5) is 12.4. The maximum Gasteiger partial charge on any atom is 0.344 e. The SMILES string of the molecule is COc1ccc2c(oc(=O)c3c(C)cccc32)c1C(C)C. The van der Waals surface area contributed by atoms with Crippen LogP contribution in [0.25, 0.3) is 21.7 Å². The Kier molecular flexibility index (Phi) is 3.20. The number of hydrogen-bond acceptors (Lipinski definition) is 3. The number of hydrogen-bond donors (Lipinski definition) is 0. The molecule has 21 heavy (non-hydrogen) atoms. The van der Waals surface area contributed by atoms with Gasteiger partial charge in [0, 0.05) is 16.3 Å². The molecule has 0 radical (unpaired) electrons. The van der Waals surface area contributed by atoms with E-state index in [-0.39, 0.29) is 11.5 Å². The van der Waals surface area contributed by atoms with Crippen LogP contribution in [0.2, 0.25) is 0 Å². The lowest BCUT2D eigenvalue weighted by Gasteiger charge is -2.15. The van der Waals surface area contributed by atoms with Crippen LogP contribution in [0.1, 0.15) is 30.9 Å². The van der Waals surface area contributed by atoms with Crippen molar-refractivity contribution in [3.63, 3.8) is 0 Å². The molecule has 0 aliphatic carbocycles. The Bertz CT molecular complexity index is 888. The van der Waals surface area contributed by atoms with Crippen LogP contribution in [0.4, 0.5) is 0 Å². The smallest absolute Gasteiger partial charge is 0.344 e. The third-order valence-corrected chi connectivity index (χ3v) is 3.92. The van der Waals surface area contributed by atoms with Gasteiger partial charge in [0.15, 0.2) is 0 Å². The average Bonchev–Trinajstić information content (AvgIpc) is 2.45. The Labute approximate surface area is 123 Å². The summed E-state index contributed by atoms with van der Waals surface area (Å²) in [5, 5.41) is 2.55. The van der Waals surface area contributed by atoms with Gasteiger partial charge in [-0.15, -0.1) is 0 Å². The predicted molar refractivity (Wildman–Crippen MR) is 85.4 cm³/mol. The minimum absolute atomic E-state index is 0.203. The van der Waals surface area contributed by atoms with Gasteiger partial charge in [-0.25, -0.2) is 4.79 Å². The summed E-state index contributed by atoms with van der Waals surface area (Å²) >= 11 is 0. The van der Waals surface area contributed by atoms with Crippen molar-refractivity contribution < 1.29 is 9.15 Å². The topological polar surface area (TPSA) is 39.4 Å². The minimum atomic E-state index is -0.286. The summed E-state index contributed by atoms with van der Waals surface area (Å²) in [5.41, 5.74) is 2.22. The normalized spacial score (nSPS) is 11.5. The zero-order valence-electron chi connectivity index (χ0n) is 12.7. The zero-order valence-corrected chi connectivity index (χ0v) is 12.7. The molecule has 2 aromatic carbocycles. The van der Waals surface area contributed by atoms with Crippen molar-refractivity contribution in [3.8, 4) is 5.75 Å².